The molecule has 2 aromatic heterocycles. The molecule has 0 unspecified atom stereocenters. The Labute approximate surface area is 171 Å². The number of fused-ring (bicyclic) bond motifs is 4. The Hall–Kier alpha value is -3.51. The zero-order chi connectivity index (χ0) is 19.8. The van der Waals surface area contributed by atoms with Crippen molar-refractivity contribution in [1.29, 1.82) is 0 Å². The van der Waals surface area contributed by atoms with E-state index in [9.17, 15) is 4.79 Å². The zero-order valence-electron chi connectivity index (χ0n) is 15.7. The SMILES string of the molecule is C/C(=N\NC(=O)c1cc2c(s1)-c1ccccc1OC2)c1ccc2ccccc2n1. The lowest BCUT2D eigenvalue weighted by atomic mass is 10.1. The van der Waals surface area contributed by atoms with Crippen LogP contribution >= 0.6 is 11.3 Å². The fourth-order valence-electron chi connectivity index (χ4n) is 3.33. The number of carbonyl (C=O) groups is 1. The van der Waals surface area contributed by atoms with Crippen molar-refractivity contribution in [3.8, 4) is 16.2 Å². The molecule has 0 bridgehead atoms. The summed E-state index contributed by atoms with van der Waals surface area (Å²) >= 11 is 1.46. The number of thiophene rings is 1. The summed E-state index contributed by atoms with van der Waals surface area (Å²) in [5, 5.41) is 5.33. The Balaban J connectivity index is 1.37. The van der Waals surface area contributed by atoms with Crippen LogP contribution in [0.1, 0.15) is 27.9 Å². The number of para-hydroxylation sites is 2. The molecule has 5 nitrogen and oxygen atoms in total. The Bertz CT molecular complexity index is 1280. The third-order valence-electron chi connectivity index (χ3n) is 4.84. The Morgan fingerprint density at radius 1 is 1.10 bits per heavy atom. The van der Waals surface area contributed by atoms with Gasteiger partial charge in [-0.3, -0.25) is 4.79 Å². The van der Waals surface area contributed by atoms with Crippen LogP contribution in [0, 0.1) is 0 Å². The van der Waals surface area contributed by atoms with E-state index in [0.29, 0.717) is 17.2 Å². The number of rotatable bonds is 3. The predicted molar refractivity (Wildman–Crippen MR) is 116 cm³/mol. The topological polar surface area (TPSA) is 63.6 Å². The molecular weight excluding hydrogens is 382 g/mol. The first-order chi connectivity index (χ1) is 14.2. The molecule has 1 amide bonds. The van der Waals surface area contributed by atoms with E-state index in [0.717, 1.165) is 38.4 Å². The molecule has 1 aliphatic heterocycles. The van der Waals surface area contributed by atoms with Crippen LogP contribution in [0.4, 0.5) is 0 Å². The number of aromatic nitrogens is 1. The van der Waals surface area contributed by atoms with Crippen LogP contribution in [0.25, 0.3) is 21.3 Å². The summed E-state index contributed by atoms with van der Waals surface area (Å²) in [5.74, 6) is 0.618. The predicted octanol–water partition coefficient (Wildman–Crippen LogP) is 5.01. The van der Waals surface area contributed by atoms with Crippen molar-refractivity contribution in [2.75, 3.05) is 0 Å². The number of nitrogens with zero attached hydrogens (tertiary/aromatic N) is 2. The quantitative estimate of drug-likeness (QED) is 0.389. The maximum atomic E-state index is 12.7. The largest absolute Gasteiger partial charge is 0.488 e. The summed E-state index contributed by atoms with van der Waals surface area (Å²) in [6, 6.07) is 21.6. The van der Waals surface area contributed by atoms with E-state index in [1.807, 2.05) is 73.7 Å². The summed E-state index contributed by atoms with van der Waals surface area (Å²) in [6.07, 6.45) is 0. The average Bonchev–Trinajstić information content (AvgIpc) is 3.22. The lowest BCUT2D eigenvalue weighted by Gasteiger charge is -2.16. The van der Waals surface area contributed by atoms with Crippen LogP contribution in [-0.2, 0) is 6.61 Å². The second-order valence-corrected chi connectivity index (χ2v) is 7.83. The molecule has 4 aromatic rings. The zero-order valence-corrected chi connectivity index (χ0v) is 16.5. The minimum atomic E-state index is -0.234. The van der Waals surface area contributed by atoms with Crippen molar-refractivity contribution < 1.29 is 9.53 Å². The van der Waals surface area contributed by atoms with Crippen LogP contribution < -0.4 is 10.2 Å². The van der Waals surface area contributed by atoms with E-state index in [1.165, 1.54) is 11.3 Å². The highest BCUT2D eigenvalue weighted by Crippen LogP contribution is 2.42. The van der Waals surface area contributed by atoms with Gasteiger partial charge in [0.2, 0.25) is 0 Å². The number of ether oxygens (including phenoxy) is 1. The second kappa shape index (κ2) is 7.14. The number of amides is 1. The molecule has 5 rings (SSSR count). The normalized spacial score (nSPS) is 12.8. The summed E-state index contributed by atoms with van der Waals surface area (Å²) in [7, 11) is 0. The molecule has 0 saturated carbocycles. The van der Waals surface area contributed by atoms with Gasteiger partial charge in [-0.2, -0.15) is 5.10 Å². The van der Waals surface area contributed by atoms with E-state index >= 15 is 0 Å². The van der Waals surface area contributed by atoms with Gasteiger partial charge < -0.3 is 4.74 Å². The Morgan fingerprint density at radius 2 is 1.93 bits per heavy atom. The smallest absolute Gasteiger partial charge is 0.281 e. The molecule has 0 fully saturated rings. The number of hydrazone groups is 1. The van der Waals surface area contributed by atoms with Crippen LogP contribution in [0.5, 0.6) is 5.75 Å². The van der Waals surface area contributed by atoms with Gasteiger partial charge in [0.1, 0.15) is 12.4 Å². The first kappa shape index (κ1) is 17.6. The van der Waals surface area contributed by atoms with Gasteiger partial charge in [0, 0.05) is 21.4 Å². The second-order valence-electron chi connectivity index (χ2n) is 6.78. The molecule has 3 heterocycles. The van der Waals surface area contributed by atoms with E-state index in [4.69, 9.17) is 4.74 Å². The first-order valence-corrected chi connectivity index (χ1v) is 10.1. The molecule has 0 atom stereocenters. The number of benzene rings is 2. The van der Waals surface area contributed by atoms with Crippen molar-refractivity contribution in [1.82, 2.24) is 10.4 Å². The van der Waals surface area contributed by atoms with E-state index < -0.39 is 0 Å². The fourth-order valence-corrected chi connectivity index (χ4v) is 4.41. The Kier molecular flexibility index (Phi) is 4.33. The van der Waals surface area contributed by atoms with Crippen LogP contribution in [0.15, 0.2) is 71.8 Å². The molecule has 0 saturated heterocycles. The molecule has 142 valence electrons. The maximum Gasteiger partial charge on any atom is 0.281 e. The average molecular weight is 399 g/mol. The Morgan fingerprint density at radius 3 is 2.86 bits per heavy atom. The molecule has 2 aromatic carbocycles. The highest BCUT2D eigenvalue weighted by Gasteiger charge is 2.22. The fraction of sp³-hybridized carbons (Fsp3) is 0.0870. The maximum absolute atomic E-state index is 12.7. The highest BCUT2D eigenvalue weighted by atomic mass is 32.1. The van der Waals surface area contributed by atoms with E-state index in [-0.39, 0.29) is 5.91 Å². The number of nitrogens with one attached hydrogen (secondary N) is 1. The minimum Gasteiger partial charge on any atom is -0.488 e. The van der Waals surface area contributed by atoms with Gasteiger partial charge in [-0.15, -0.1) is 11.3 Å². The third kappa shape index (κ3) is 3.28. The van der Waals surface area contributed by atoms with Gasteiger partial charge in [-0.1, -0.05) is 36.4 Å². The summed E-state index contributed by atoms with van der Waals surface area (Å²) in [4.78, 5) is 18.9. The molecule has 6 heteroatoms. The lowest BCUT2D eigenvalue weighted by Crippen LogP contribution is -2.18. The van der Waals surface area contributed by atoms with Crippen molar-refractivity contribution in [2.24, 2.45) is 5.10 Å². The van der Waals surface area contributed by atoms with Crippen molar-refractivity contribution >= 4 is 33.9 Å². The van der Waals surface area contributed by atoms with Gasteiger partial charge in [-0.05, 0) is 37.3 Å². The van der Waals surface area contributed by atoms with Crippen LogP contribution in [0.2, 0.25) is 0 Å². The number of carbonyl (C=O) groups excluding carboxylic acids is 1. The minimum absolute atomic E-state index is 0.234. The van der Waals surface area contributed by atoms with E-state index in [1.54, 1.807) is 0 Å². The standard InChI is InChI=1S/C23H17N3O2S/c1-14(18-11-10-15-6-2-4-8-19(15)24-18)25-26-23(27)21-12-16-13-28-20-9-5-3-7-17(20)22(16)29-21/h2-12H,13H2,1H3,(H,26,27)/b25-14+. The van der Waals surface area contributed by atoms with Gasteiger partial charge in [0.05, 0.1) is 21.8 Å². The molecule has 0 radical (unpaired) electrons. The van der Waals surface area contributed by atoms with Crippen LogP contribution in [-0.4, -0.2) is 16.6 Å². The monoisotopic (exact) mass is 399 g/mol. The van der Waals surface area contributed by atoms with Crippen LogP contribution in [0.3, 0.4) is 0 Å². The van der Waals surface area contributed by atoms with Gasteiger partial charge in [0.15, 0.2) is 0 Å². The first-order valence-electron chi connectivity index (χ1n) is 9.25. The summed E-state index contributed by atoms with van der Waals surface area (Å²) in [6.45, 7) is 2.31. The number of pyridine rings is 1. The molecular formula is C23H17N3O2S. The van der Waals surface area contributed by atoms with Gasteiger partial charge in [0.25, 0.3) is 5.91 Å². The van der Waals surface area contributed by atoms with Crippen molar-refractivity contribution in [3.63, 3.8) is 0 Å². The summed E-state index contributed by atoms with van der Waals surface area (Å²) in [5.41, 5.74) is 6.99. The summed E-state index contributed by atoms with van der Waals surface area (Å²) < 4.78 is 5.77. The molecule has 0 spiro atoms. The third-order valence-corrected chi connectivity index (χ3v) is 6.05. The van der Waals surface area contributed by atoms with Gasteiger partial charge in [-0.25, -0.2) is 10.4 Å². The lowest BCUT2D eigenvalue weighted by molar-refractivity contribution is 0.0959. The van der Waals surface area contributed by atoms with Crippen molar-refractivity contribution in [2.45, 2.75) is 13.5 Å². The number of hydrogen-bond acceptors (Lipinski definition) is 5. The van der Waals surface area contributed by atoms with Gasteiger partial charge >= 0.3 is 0 Å². The molecule has 29 heavy (non-hydrogen) atoms. The molecule has 1 N–H and O–H groups in total. The van der Waals surface area contributed by atoms with Crippen molar-refractivity contribution in [3.05, 3.63) is 82.9 Å². The molecule has 1 aliphatic rings. The van der Waals surface area contributed by atoms with E-state index in [2.05, 4.69) is 15.5 Å². The molecule has 0 aliphatic carbocycles. The number of hydrogen-bond donors (Lipinski definition) is 1. The highest BCUT2D eigenvalue weighted by molar-refractivity contribution is 7.17.